The van der Waals surface area contributed by atoms with Gasteiger partial charge in [-0.05, 0) is 94.0 Å². The largest absolute Gasteiger partial charge is 0.419 e. The average molecular weight is 672 g/mol. The smallest absolute Gasteiger partial charge is 0.381 e. The average Bonchev–Trinajstić information content (AvgIpc) is 3.04. The lowest BCUT2D eigenvalue weighted by molar-refractivity contribution is -0.140. The van der Waals surface area contributed by atoms with Crippen LogP contribution in [0.3, 0.4) is 0 Å². The molecule has 0 aliphatic carbocycles. The number of fused-ring (bicyclic) bond motifs is 1. The molecule has 5 rings (SSSR count). The van der Waals surface area contributed by atoms with Crippen LogP contribution >= 0.6 is 0 Å². The Bertz CT molecular complexity index is 1770. The second-order valence-corrected chi connectivity index (χ2v) is 12.1. The molecule has 0 saturated carbocycles. The quantitative estimate of drug-likeness (QED) is 0.200. The number of alkyl halides is 3. The van der Waals surface area contributed by atoms with Crippen LogP contribution in [0.2, 0.25) is 0 Å². The van der Waals surface area contributed by atoms with Crippen molar-refractivity contribution in [3.63, 3.8) is 0 Å². The highest BCUT2D eigenvalue weighted by Gasteiger charge is 2.35. The Kier molecular flexibility index (Phi) is 11.2. The normalized spacial score (nSPS) is 14.8. The van der Waals surface area contributed by atoms with Crippen molar-refractivity contribution in [3.8, 4) is 5.69 Å². The van der Waals surface area contributed by atoms with Crippen LogP contribution in [0.4, 0.5) is 22.0 Å². The van der Waals surface area contributed by atoms with Gasteiger partial charge in [0.15, 0.2) is 0 Å². The number of carbonyl (C=O) groups excluding carboxylic acids is 1. The van der Waals surface area contributed by atoms with Crippen molar-refractivity contribution in [2.75, 3.05) is 46.9 Å². The lowest BCUT2D eigenvalue weighted by Crippen LogP contribution is -2.44. The van der Waals surface area contributed by atoms with Crippen molar-refractivity contribution < 1.29 is 31.5 Å². The molecule has 48 heavy (non-hydrogen) atoms. The third-order valence-electron chi connectivity index (χ3n) is 8.44. The number of halogens is 5. The summed E-state index contributed by atoms with van der Waals surface area (Å²) < 4.78 is 75.2. The lowest BCUT2D eigenvalue weighted by Gasteiger charge is -2.34. The van der Waals surface area contributed by atoms with E-state index in [-0.39, 0.29) is 30.4 Å². The first kappa shape index (κ1) is 35.1. The van der Waals surface area contributed by atoms with Gasteiger partial charge in [0.05, 0.1) is 34.6 Å². The SMILES string of the molecule is CN(C)CCN(C(=O)Cc1ccc(C(F)(F)F)c(F)c1)C(CCNC1CCOCC1)c1nc2ccccc2c(=O)n1-c1ccc(F)cc1. The summed E-state index contributed by atoms with van der Waals surface area (Å²) in [4.78, 5) is 36.7. The van der Waals surface area contributed by atoms with Gasteiger partial charge < -0.3 is 19.9 Å². The highest BCUT2D eigenvalue weighted by Crippen LogP contribution is 2.32. The third kappa shape index (κ3) is 8.44. The van der Waals surface area contributed by atoms with Gasteiger partial charge in [-0.3, -0.25) is 14.2 Å². The maximum atomic E-state index is 14.5. The van der Waals surface area contributed by atoms with E-state index in [9.17, 15) is 31.5 Å². The van der Waals surface area contributed by atoms with Gasteiger partial charge in [-0.15, -0.1) is 0 Å². The van der Waals surface area contributed by atoms with Gasteiger partial charge >= 0.3 is 6.18 Å². The predicted molar refractivity (Wildman–Crippen MR) is 172 cm³/mol. The molecule has 1 N–H and O–H groups in total. The minimum atomic E-state index is -4.88. The molecule has 1 saturated heterocycles. The lowest BCUT2D eigenvalue weighted by atomic mass is 10.0. The van der Waals surface area contributed by atoms with Gasteiger partial charge in [0.25, 0.3) is 5.56 Å². The summed E-state index contributed by atoms with van der Waals surface area (Å²) >= 11 is 0. The number of rotatable bonds is 12. The Morgan fingerprint density at radius 1 is 1.02 bits per heavy atom. The zero-order valence-corrected chi connectivity index (χ0v) is 26.8. The second-order valence-electron chi connectivity index (χ2n) is 12.1. The molecule has 0 radical (unpaired) electrons. The number of para-hydroxylation sites is 1. The van der Waals surface area contributed by atoms with Crippen LogP contribution in [0.1, 0.15) is 42.3 Å². The number of ether oxygens (including phenoxy) is 1. The van der Waals surface area contributed by atoms with E-state index in [1.807, 2.05) is 19.0 Å². The molecule has 8 nitrogen and oxygen atoms in total. The Morgan fingerprint density at radius 3 is 2.40 bits per heavy atom. The van der Waals surface area contributed by atoms with Crippen molar-refractivity contribution in [2.45, 2.75) is 43.9 Å². The van der Waals surface area contributed by atoms with Gasteiger partial charge in [0, 0.05) is 32.3 Å². The molecule has 1 fully saturated rings. The van der Waals surface area contributed by atoms with E-state index in [0.29, 0.717) is 55.4 Å². The van der Waals surface area contributed by atoms with E-state index in [0.717, 1.165) is 25.0 Å². The molecule has 1 unspecified atom stereocenters. The molecule has 13 heteroatoms. The van der Waals surface area contributed by atoms with Gasteiger partial charge in [-0.2, -0.15) is 13.2 Å². The number of hydrogen-bond donors (Lipinski definition) is 1. The van der Waals surface area contributed by atoms with E-state index in [4.69, 9.17) is 9.72 Å². The fourth-order valence-corrected chi connectivity index (χ4v) is 5.90. The number of nitrogens with zero attached hydrogens (tertiary/aromatic N) is 4. The highest BCUT2D eigenvalue weighted by atomic mass is 19.4. The van der Waals surface area contributed by atoms with E-state index < -0.39 is 40.9 Å². The van der Waals surface area contributed by atoms with Crippen LogP contribution in [0.25, 0.3) is 16.6 Å². The first-order chi connectivity index (χ1) is 22.9. The number of nitrogens with one attached hydrogen (secondary N) is 1. The summed E-state index contributed by atoms with van der Waals surface area (Å²) in [6.07, 6.45) is -3.34. The van der Waals surface area contributed by atoms with Crippen LogP contribution < -0.4 is 10.9 Å². The van der Waals surface area contributed by atoms with Crippen LogP contribution in [0.5, 0.6) is 0 Å². The van der Waals surface area contributed by atoms with Gasteiger partial charge in [0.1, 0.15) is 17.5 Å². The van der Waals surface area contributed by atoms with Crippen LogP contribution in [0, 0.1) is 11.6 Å². The number of hydrogen-bond acceptors (Lipinski definition) is 6. The molecule has 1 aliphatic rings. The third-order valence-corrected chi connectivity index (χ3v) is 8.44. The Labute approximate surface area is 275 Å². The molecule has 1 aromatic heterocycles. The maximum Gasteiger partial charge on any atom is 0.419 e. The molecule has 2 heterocycles. The zero-order chi connectivity index (χ0) is 34.4. The molecule has 256 valence electrons. The summed E-state index contributed by atoms with van der Waals surface area (Å²) in [6, 6.07) is 14.0. The zero-order valence-electron chi connectivity index (χ0n) is 26.8. The van der Waals surface area contributed by atoms with Crippen molar-refractivity contribution in [3.05, 3.63) is 106 Å². The molecule has 0 spiro atoms. The monoisotopic (exact) mass is 671 g/mol. The maximum absolute atomic E-state index is 14.5. The molecule has 1 atom stereocenters. The first-order valence-corrected chi connectivity index (χ1v) is 15.8. The fourth-order valence-electron chi connectivity index (χ4n) is 5.90. The van der Waals surface area contributed by atoms with Crippen molar-refractivity contribution in [2.24, 2.45) is 0 Å². The van der Waals surface area contributed by atoms with E-state index in [1.54, 1.807) is 29.2 Å². The number of aromatic nitrogens is 2. The van der Waals surface area contributed by atoms with Gasteiger partial charge in [-0.1, -0.05) is 18.2 Å². The number of carbonyl (C=O) groups is 1. The van der Waals surface area contributed by atoms with Crippen LogP contribution in [-0.4, -0.2) is 78.2 Å². The van der Waals surface area contributed by atoms with E-state index in [2.05, 4.69) is 5.32 Å². The number of likely N-dealkylation sites (N-methyl/N-ethyl adjacent to an activating group) is 1. The summed E-state index contributed by atoms with van der Waals surface area (Å²) in [7, 11) is 3.66. The van der Waals surface area contributed by atoms with Crippen molar-refractivity contribution in [1.29, 1.82) is 0 Å². The minimum Gasteiger partial charge on any atom is -0.381 e. The highest BCUT2D eigenvalue weighted by molar-refractivity contribution is 5.80. The second kappa shape index (κ2) is 15.3. The first-order valence-electron chi connectivity index (χ1n) is 15.8. The summed E-state index contributed by atoms with van der Waals surface area (Å²) in [5.41, 5.74) is -0.995. The number of benzene rings is 3. The summed E-state index contributed by atoms with van der Waals surface area (Å²) in [5.74, 6) is -2.21. The van der Waals surface area contributed by atoms with Crippen molar-refractivity contribution in [1.82, 2.24) is 24.7 Å². The predicted octanol–water partition coefficient (Wildman–Crippen LogP) is 5.52. The number of amides is 1. The molecular formula is C35H38F5N5O3. The van der Waals surface area contributed by atoms with Crippen molar-refractivity contribution >= 4 is 16.8 Å². The standard InChI is InChI=1S/C35H38F5N5O3/c1-43(2)17-18-44(32(46)22-23-7-12-28(29(37)21-23)35(38,39)40)31(13-16-41-25-14-19-48-20-15-25)33-42-30-6-4-3-5-27(30)34(47)45(33)26-10-8-24(36)9-11-26/h3-12,21,25,31,41H,13-20,22H2,1-2H3. The van der Waals surface area contributed by atoms with E-state index in [1.165, 1.54) is 28.8 Å². The Morgan fingerprint density at radius 2 is 1.73 bits per heavy atom. The van der Waals surface area contributed by atoms with Crippen LogP contribution in [-0.2, 0) is 22.1 Å². The van der Waals surface area contributed by atoms with E-state index >= 15 is 0 Å². The molecule has 4 aromatic rings. The minimum absolute atomic E-state index is 0.0711. The van der Waals surface area contributed by atoms with Gasteiger partial charge in [-0.25, -0.2) is 13.8 Å². The molecule has 1 aliphatic heterocycles. The summed E-state index contributed by atoms with van der Waals surface area (Å²) in [6.45, 7) is 2.25. The molecular weight excluding hydrogens is 633 g/mol. The molecule has 3 aromatic carbocycles. The Hall–Kier alpha value is -4.20. The summed E-state index contributed by atoms with van der Waals surface area (Å²) in [5, 5.41) is 3.86. The fraction of sp³-hybridized carbons (Fsp3) is 0.400. The molecule has 0 bridgehead atoms. The van der Waals surface area contributed by atoms with Crippen LogP contribution in [0.15, 0.2) is 71.5 Å². The van der Waals surface area contributed by atoms with Gasteiger partial charge in [0.2, 0.25) is 5.91 Å². The molecule has 1 amide bonds. The Balaban J connectivity index is 1.61. The topological polar surface area (TPSA) is 79.7 Å².